The summed E-state index contributed by atoms with van der Waals surface area (Å²) in [6.07, 6.45) is 2.90. The average Bonchev–Trinajstić information content (AvgIpc) is 2.78. The van der Waals surface area contributed by atoms with E-state index in [1.54, 1.807) is 14.0 Å². The molecule has 1 aliphatic rings. The van der Waals surface area contributed by atoms with Gasteiger partial charge in [0, 0.05) is 46.6 Å². The molecular formula is C25H27IN4O2. The van der Waals surface area contributed by atoms with Gasteiger partial charge in [0.2, 0.25) is 5.91 Å². The number of nitrogens with one attached hydrogen (secondary N) is 1. The van der Waals surface area contributed by atoms with Crippen molar-refractivity contribution in [3.63, 3.8) is 0 Å². The number of fused-ring (bicyclic) bond motifs is 1. The highest BCUT2D eigenvalue weighted by Crippen LogP contribution is 2.36. The van der Waals surface area contributed by atoms with Crippen LogP contribution in [0.1, 0.15) is 43.3 Å². The molecule has 0 spiro atoms. The SMILES string of the molecule is COc1cc2nc(C)nc(N[C@H](C)c3cccc(I)c3)c2cc1C1=CCN(C(C)=O)CC1. The zero-order chi connectivity index (χ0) is 22.8. The fourth-order valence-corrected chi connectivity index (χ4v) is 4.63. The summed E-state index contributed by atoms with van der Waals surface area (Å²) in [5.74, 6) is 2.41. The Balaban J connectivity index is 1.75. The van der Waals surface area contributed by atoms with Crippen LogP contribution >= 0.6 is 22.6 Å². The summed E-state index contributed by atoms with van der Waals surface area (Å²) >= 11 is 2.33. The van der Waals surface area contributed by atoms with E-state index in [9.17, 15) is 4.79 Å². The monoisotopic (exact) mass is 542 g/mol. The summed E-state index contributed by atoms with van der Waals surface area (Å²) in [5, 5.41) is 4.55. The summed E-state index contributed by atoms with van der Waals surface area (Å²) in [6, 6.07) is 12.7. The van der Waals surface area contributed by atoms with Crippen LogP contribution in [-0.4, -0.2) is 41.0 Å². The molecule has 2 heterocycles. The van der Waals surface area contributed by atoms with E-state index < -0.39 is 0 Å². The fraction of sp³-hybridized carbons (Fsp3) is 0.320. The lowest BCUT2D eigenvalue weighted by atomic mass is 9.96. The smallest absolute Gasteiger partial charge is 0.219 e. The van der Waals surface area contributed by atoms with Crippen LogP contribution in [0.15, 0.2) is 42.5 Å². The second-order valence-corrected chi connectivity index (χ2v) is 9.30. The van der Waals surface area contributed by atoms with Gasteiger partial charge in [-0.05, 0) is 72.2 Å². The van der Waals surface area contributed by atoms with E-state index in [2.05, 4.69) is 76.2 Å². The van der Waals surface area contributed by atoms with Crippen molar-refractivity contribution in [3.05, 3.63) is 63.0 Å². The second kappa shape index (κ2) is 9.44. The molecule has 1 atom stereocenters. The number of hydrogen-bond acceptors (Lipinski definition) is 5. The molecule has 0 saturated carbocycles. The number of hydrogen-bond donors (Lipinski definition) is 1. The van der Waals surface area contributed by atoms with E-state index in [1.165, 1.54) is 14.7 Å². The maximum absolute atomic E-state index is 11.7. The van der Waals surface area contributed by atoms with Crippen molar-refractivity contribution in [1.29, 1.82) is 0 Å². The number of aryl methyl sites for hydroxylation is 1. The molecular weight excluding hydrogens is 515 g/mol. The highest BCUT2D eigenvalue weighted by atomic mass is 127. The summed E-state index contributed by atoms with van der Waals surface area (Å²) in [6.45, 7) is 6.98. The molecule has 0 fully saturated rings. The van der Waals surface area contributed by atoms with Gasteiger partial charge >= 0.3 is 0 Å². The van der Waals surface area contributed by atoms with Crippen molar-refractivity contribution in [1.82, 2.24) is 14.9 Å². The maximum Gasteiger partial charge on any atom is 0.219 e. The lowest BCUT2D eigenvalue weighted by Gasteiger charge is -2.26. The van der Waals surface area contributed by atoms with Gasteiger partial charge in [0.25, 0.3) is 0 Å². The van der Waals surface area contributed by atoms with E-state index in [1.807, 2.05) is 17.9 Å². The Morgan fingerprint density at radius 1 is 1.25 bits per heavy atom. The predicted octanol–water partition coefficient (Wildman–Crippen LogP) is 5.36. The lowest BCUT2D eigenvalue weighted by molar-refractivity contribution is -0.128. The molecule has 3 aromatic rings. The number of methoxy groups -OCH3 is 1. The van der Waals surface area contributed by atoms with Gasteiger partial charge in [0.15, 0.2) is 0 Å². The van der Waals surface area contributed by atoms with E-state index in [0.29, 0.717) is 18.9 Å². The maximum atomic E-state index is 11.7. The highest BCUT2D eigenvalue weighted by molar-refractivity contribution is 14.1. The number of rotatable bonds is 5. The Kier molecular flexibility index (Phi) is 6.64. The number of benzene rings is 2. The fourth-order valence-electron chi connectivity index (χ4n) is 4.07. The van der Waals surface area contributed by atoms with Gasteiger partial charge in [-0.15, -0.1) is 0 Å². The van der Waals surface area contributed by atoms with E-state index in [-0.39, 0.29) is 11.9 Å². The Morgan fingerprint density at radius 2 is 2.06 bits per heavy atom. The number of nitrogens with zero attached hydrogens (tertiary/aromatic N) is 3. The summed E-state index contributed by atoms with van der Waals surface area (Å²) in [5.41, 5.74) is 4.26. The van der Waals surface area contributed by atoms with Crippen LogP contribution in [0.2, 0.25) is 0 Å². The van der Waals surface area contributed by atoms with Gasteiger partial charge < -0.3 is 15.0 Å². The summed E-state index contributed by atoms with van der Waals surface area (Å²) < 4.78 is 6.92. The Morgan fingerprint density at radius 3 is 2.72 bits per heavy atom. The molecule has 0 unspecified atom stereocenters. The Bertz CT molecular complexity index is 1210. The molecule has 7 heteroatoms. The minimum Gasteiger partial charge on any atom is -0.496 e. The third kappa shape index (κ3) is 4.72. The van der Waals surface area contributed by atoms with E-state index in [0.717, 1.165) is 34.5 Å². The molecule has 1 aliphatic heterocycles. The molecule has 1 N–H and O–H groups in total. The molecule has 4 rings (SSSR count). The van der Waals surface area contributed by atoms with Crippen molar-refractivity contribution in [3.8, 4) is 5.75 Å². The normalized spacial score (nSPS) is 14.8. The third-order valence-corrected chi connectivity index (χ3v) is 6.50. The van der Waals surface area contributed by atoms with E-state index in [4.69, 9.17) is 9.72 Å². The molecule has 1 amide bonds. The number of carbonyl (C=O) groups is 1. The quantitative estimate of drug-likeness (QED) is 0.440. The van der Waals surface area contributed by atoms with Crippen molar-refractivity contribution < 1.29 is 9.53 Å². The van der Waals surface area contributed by atoms with Crippen molar-refractivity contribution in [2.45, 2.75) is 33.2 Å². The van der Waals surface area contributed by atoms with Crippen LogP contribution in [-0.2, 0) is 4.79 Å². The number of anilines is 1. The molecule has 6 nitrogen and oxygen atoms in total. The molecule has 0 bridgehead atoms. The largest absolute Gasteiger partial charge is 0.496 e. The number of ether oxygens (including phenoxy) is 1. The van der Waals surface area contributed by atoms with Gasteiger partial charge in [0.05, 0.1) is 12.6 Å². The molecule has 166 valence electrons. The van der Waals surface area contributed by atoms with Gasteiger partial charge in [-0.2, -0.15) is 0 Å². The molecule has 2 aromatic carbocycles. The van der Waals surface area contributed by atoms with Crippen LogP contribution in [0.3, 0.4) is 0 Å². The molecule has 0 saturated heterocycles. The van der Waals surface area contributed by atoms with Gasteiger partial charge in [-0.1, -0.05) is 18.2 Å². The highest BCUT2D eigenvalue weighted by Gasteiger charge is 2.20. The zero-order valence-electron chi connectivity index (χ0n) is 18.8. The molecule has 0 aliphatic carbocycles. The lowest BCUT2D eigenvalue weighted by Crippen LogP contribution is -2.32. The second-order valence-electron chi connectivity index (χ2n) is 8.05. The first-order chi connectivity index (χ1) is 15.4. The predicted molar refractivity (Wildman–Crippen MR) is 137 cm³/mol. The minimum absolute atomic E-state index is 0.0887. The van der Waals surface area contributed by atoms with Crippen molar-refractivity contribution >= 4 is 50.8 Å². The number of aromatic nitrogens is 2. The van der Waals surface area contributed by atoms with Crippen molar-refractivity contribution in [2.24, 2.45) is 0 Å². The van der Waals surface area contributed by atoms with Gasteiger partial charge in [0.1, 0.15) is 17.4 Å². The Hall–Kier alpha value is -2.68. The van der Waals surface area contributed by atoms with Crippen LogP contribution in [0.5, 0.6) is 5.75 Å². The van der Waals surface area contributed by atoms with Crippen LogP contribution < -0.4 is 10.1 Å². The number of amides is 1. The minimum atomic E-state index is 0.0887. The Labute approximate surface area is 202 Å². The number of halogens is 1. The first-order valence-electron chi connectivity index (χ1n) is 10.7. The van der Waals surface area contributed by atoms with Crippen LogP contribution in [0, 0.1) is 10.5 Å². The zero-order valence-corrected chi connectivity index (χ0v) is 20.9. The van der Waals surface area contributed by atoms with E-state index >= 15 is 0 Å². The standard InChI is InChI=1S/C25H27IN4O2/c1-15(19-6-5-7-20(26)12-19)27-25-22-13-21(18-8-10-30(11-9-18)17(3)31)24(32-4)14-23(22)28-16(2)29-25/h5-8,12-15H,9-11H2,1-4H3,(H,27,28,29)/t15-/m1/s1. The topological polar surface area (TPSA) is 67.4 Å². The van der Waals surface area contributed by atoms with Gasteiger partial charge in [-0.3, -0.25) is 4.79 Å². The summed E-state index contributed by atoms with van der Waals surface area (Å²) in [7, 11) is 1.68. The third-order valence-electron chi connectivity index (χ3n) is 5.83. The van der Waals surface area contributed by atoms with Gasteiger partial charge in [-0.25, -0.2) is 9.97 Å². The molecule has 1 aromatic heterocycles. The van der Waals surface area contributed by atoms with Crippen LogP contribution in [0.4, 0.5) is 5.82 Å². The first-order valence-corrected chi connectivity index (χ1v) is 11.8. The van der Waals surface area contributed by atoms with Crippen LogP contribution in [0.25, 0.3) is 16.5 Å². The average molecular weight is 542 g/mol. The molecule has 0 radical (unpaired) electrons. The summed E-state index contributed by atoms with van der Waals surface area (Å²) in [4.78, 5) is 22.9. The van der Waals surface area contributed by atoms with Crippen molar-refractivity contribution in [2.75, 3.05) is 25.5 Å². The number of carbonyl (C=O) groups excluding carboxylic acids is 1. The first kappa shape index (κ1) is 22.5. The molecule has 32 heavy (non-hydrogen) atoms.